The first-order valence-electron chi connectivity index (χ1n) is 5.67. The summed E-state index contributed by atoms with van der Waals surface area (Å²) < 4.78 is 0. The first-order chi connectivity index (χ1) is 7.60. The largest absolute Gasteiger partial charge is 0.303 e. The number of hydrogen-bond donors (Lipinski definition) is 0. The average molecular weight is 218 g/mol. The molecular weight excluding hydrogens is 200 g/mol. The Kier molecular flexibility index (Phi) is 4.41. The summed E-state index contributed by atoms with van der Waals surface area (Å²) in [6.45, 7) is 5.88. The number of carbonyl (C=O) groups excluding carboxylic acids is 2. The summed E-state index contributed by atoms with van der Waals surface area (Å²) in [5.41, 5.74) is 2.65. The van der Waals surface area contributed by atoms with Gasteiger partial charge in [-0.1, -0.05) is 26.0 Å². The first-order valence-corrected chi connectivity index (χ1v) is 5.67. The third kappa shape index (κ3) is 2.78. The Morgan fingerprint density at radius 1 is 1.44 bits per heavy atom. The molecule has 1 aromatic carbocycles. The Morgan fingerprint density at radius 2 is 2.12 bits per heavy atom. The van der Waals surface area contributed by atoms with E-state index >= 15 is 0 Å². The maximum Gasteiger partial charge on any atom is 0.165 e. The lowest BCUT2D eigenvalue weighted by Crippen LogP contribution is -2.12. The minimum atomic E-state index is 0.0465. The predicted molar refractivity (Wildman–Crippen MR) is 64.7 cm³/mol. The van der Waals surface area contributed by atoms with Gasteiger partial charge in [0, 0.05) is 17.9 Å². The van der Waals surface area contributed by atoms with Crippen molar-refractivity contribution in [1.82, 2.24) is 0 Å². The molecule has 0 aliphatic heterocycles. The lowest BCUT2D eigenvalue weighted by molar-refractivity contribution is -0.107. The number of carbonyl (C=O) groups is 2. The fraction of sp³-hybridized carbons (Fsp3) is 0.429. The number of aldehydes is 1. The van der Waals surface area contributed by atoms with Crippen molar-refractivity contribution in [3.05, 3.63) is 34.9 Å². The number of rotatable bonds is 5. The van der Waals surface area contributed by atoms with Crippen LogP contribution in [0.4, 0.5) is 0 Å². The second kappa shape index (κ2) is 5.59. The number of aryl methyl sites for hydroxylation is 1. The molecule has 0 aromatic heterocycles. The van der Waals surface area contributed by atoms with E-state index in [0.29, 0.717) is 6.42 Å². The molecular formula is C14H18O2. The highest BCUT2D eigenvalue weighted by atomic mass is 16.1. The van der Waals surface area contributed by atoms with Crippen molar-refractivity contribution in [2.24, 2.45) is 5.92 Å². The molecule has 2 heteroatoms. The van der Waals surface area contributed by atoms with E-state index in [2.05, 4.69) is 0 Å². The molecule has 1 aromatic rings. The predicted octanol–water partition coefficient (Wildman–Crippen LogP) is 2.97. The minimum absolute atomic E-state index is 0.0465. The number of benzene rings is 1. The van der Waals surface area contributed by atoms with E-state index in [1.54, 1.807) is 0 Å². The van der Waals surface area contributed by atoms with Gasteiger partial charge in [-0.05, 0) is 30.5 Å². The molecule has 1 unspecified atom stereocenters. The van der Waals surface area contributed by atoms with Crippen LogP contribution < -0.4 is 0 Å². The smallest absolute Gasteiger partial charge is 0.165 e. The van der Waals surface area contributed by atoms with E-state index in [0.717, 1.165) is 29.4 Å². The molecule has 0 N–H and O–H groups in total. The minimum Gasteiger partial charge on any atom is -0.303 e. The zero-order chi connectivity index (χ0) is 12.1. The van der Waals surface area contributed by atoms with Gasteiger partial charge in [0.1, 0.15) is 6.29 Å². The van der Waals surface area contributed by atoms with E-state index in [1.807, 2.05) is 39.0 Å². The van der Waals surface area contributed by atoms with E-state index in [9.17, 15) is 9.59 Å². The first kappa shape index (κ1) is 12.6. The molecule has 0 aliphatic rings. The fourth-order valence-corrected chi connectivity index (χ4v) is 1.61. The molecule has 1 rings (SSSR count). The van der Waals surface area contributed by atoms with E-state index in [1.165, 1.54) is 0 Å². The van der Waals surface area contributed by atoms with Crippen LogP contribution in [-0.4, -0.2) is 12.1 Å². The number of hydrogen-bond acceptors (Lipinski definition) is 2. The standard InChI is InChI=1S/C14H18O2/c1-4-10(2)14(16)13-9-12(7-8-15)6-5-11(13)3/h5-6,8-10H,4,7H2,1-3H3. The summed E-state index contributed by atoms with van der Waals surface area (Å²) in [6.07, 6.45) is 2.08. The SMILES string of the molecule is CCC(C)C(=O)c1cc(CC=O)ccc1C. The Balaban J connectivity index is 3.06. The molecule has 0 spiro atoms. The number of Topliss-reactive ketones (excluding diaryl/α,β-unsaturated/α-hetero) is 1. The molecule has 16 heavy (non-hydrogen) atoms. The quantitative estimate of drug-likeness (QED) is 0.562. The van der Waals surface area contributed by atoms with Gasteiger partial charge in [0.05, 0.1) is 0 Å². The molecule has 0 saturated heterocycles. The van der Waals surface area contributed by atoms with Crippen molar-refractivity contribution in [2.45, 2.75) is 33.6 Å². The summed E-state index contributed by atoms with van der Waals surface area (Å²) in [5, 5.41) is 0. The highest BCUT2D eigenvalue weighted by molar-refractivity contribution is 5.99. The Morgan fingerprint density at radius 3 is 2.69 bits per heavy atom. The Labute approximate surface area is 96.7 Å². The summed E-state index contributed by atoms with van der Waals surface area (Å²) in [4.78, 5) is 22.5. The van der Waals surface area contributed by atoms with Crippen molar-refractivity contribution in [2.75, 3.05) is 0 Å². The highest BCUT2D eigenvalue weighted by Crippen LogP contribution is 2.17. The van der Waals surface area contributed by atoms with Crippen LogP contribution in [0.1, 0.15) is 41.8 Å². The average Bonchev–Trinajstić information content (AvgIpc) is 2.30. The van der Waals surface area contributed by atoms with Gasteiger partial charge in [-0.15, -0.1) is 0 Å². The third-order valence-electron chi connectivity index (χ3n) is 2.95. The van der Waals surface area contributed by atoms with Gasteiger partial charge in [-0.2, -0.15) is 0 Å². The van der Waals surface area contributed by atoms with Crippen molar-refractivity contribution >= 4 is 12.1 Å². The maximum absolute atomic E-state index is 12.1. The van der Waals surface area contributed by atoms with Crippen LogP contribution >= 0.6 is 0 Å². The van der Waals surface area contributed by atoms with Crippen LogP contribution in [0.15, 0.2) is 18.2 Å². The van der Waals surface area contributed by atoms with Crippen LogP contribution in [0.25, 0.3) is 0 Å². The summed E-state index contributed by atoms with van der Waals surface area (Å²) in [6, 6.07) is 5.66. The lowest BCUT2D eigenvalue weighted by Gasteiger charge is -2.11. The molecule has 2 nitrogen and oxygen atoms in total. The molecule has 0 saturated carbocycles. The van der Waals surface area contributed by atoms with Crippen LogP contribution in [0.2, 0.25) is 0 Å². The van der Waals surface area contributed by atoms with Crippen LogP contribution in [-0.2, 0) is 11.2 Å². The van der Waals surface area contributed by atoms with E-state index < -0.39 is 0 Å². The van der Waals surface area contributed by atoms with Crippen molar-refractivity contribution in [3.8, 4) is 0 Å². The normalized spacial score (nSPS) is 12.2. The summed E-state index contributed by atoms with van der Waals surface area (Å²) >= 11 is 0. The van der Waals surface area contributed by atoms with E-state index in [-0.39, 0.29) is 11.7 Å². The van der Waals surface area contributed by atoms with Gasteiger partial charge in [-0.3, -0.25) is 4.79 Å². The second-order valence-electron chi connectivity index (χ2n) is 4.19. The molecule has 0 heterocycles. The van der Waals surface area contributed by atoms with Gasteiger partial charge in [0.25, 0.3) is 0 Å². The van der Waals surface area contributed by atoms with Gasteiger partial charge in [0.2, 0.25) is 0 Å². The monoisotopic (exact) mass is 218 g/mol. The zero-order valence-corrected chi connectivity index (χ0v) is 10.1. The molecule has 0 aliphatic carbocycles. The van der Waals surface area contributed by atoms with Gasteiger partial charge >= 0.3 is 0 Å². The zero-order valence-electron chi connectivity index (χ0n) is 10.1. The van der Waals surface area contributed by atoms with Gasteiger partial charge < -0.3 is 4.79 Å². The highest BCUT2D eigenvalue weighted by Gasteiger charge is 2.15. The summed E-state index contributed by atoms with van der Waals surface area (Å²) in [7, 11) is 0. The van der Waals surface area contributed by atoms with Gasteiger partial charge in [0.15, 0.2) is 5.78 Å². The van der Waals surface area contributed by atoms with Crippen molar-refractivity contribution in [1.29, 1.82) is 0 Å². The third-order valence-corrected chi connectivity index (χ3v) is 2.95. The van der Waals surface area contributed by atoms with Crippen molar-refractivity contribution < 1.29 is 9.59 Å². The molecule has 0 amide bonds. The Bertz CT molecular complexity index is 394. The molecule has 0 radical (unpaired) electrons. The molecule has 0 bridgehead atoms. The fourth-order valence-electron chi connectivity index (χ4n) is 1.61. The molecule has 1 atom stereocenters. The second-order valence-corrected chi connectivity index (χ2v) is 4.19. The van der Waals surface area contributed by atoms with E-state index in [4.69, 9.17) is 0 Å². The van der Waals surface area contributed by atoms with Crippen LogP contribution in [0.3, 0.4) is 0 Å². The topological polar surface area (TPSA) is 34.1 Å². The van der Waals surface area contributed by atoms with Crippen molar-refractivity contribution in [3.63, 3.8) is 0 Å². The molecule has 0 fully saturated rings. The van der Waals surface area contributed by atoms with Crippen LogP contribution in [0, 0.1) is 12.8 Å². The van der Waals surface area contributed by atoms with Crippen LogP contribution in [0.5, 0.6) is 0 Å². The lowest BCUT2D eigenvalue weighted by atomic mass is 9.92. The summed E-state index contributed by atoms with van der Waals surface area (Å²) in [5.74, 6) is 0.220. The Hall–Kier alpha value is -1.44. The molecule has 86 valence electrons. The maximum atomic E-state index is 12.1. The van der Waals surface area contributed by atoms with Gasteiger partial charge in [-0.25, -0.2) is 0 Å². The number of ketones is 1.